The van der Waals surface area contributed by atoms with Gasteiger partial charge < -0.3 is 15.5 Å². The quantitative estimate of drug-likeness (QED) is 0.541. The third kappa shape index (κ3) is 4.77. The van der Waals surface area contributed by atoms with E-state index in [2.05, 4.69) is 37.9 Å². The number of likely N-dealkylation sites (tertiary alicyclic amines) is 1. The molecule has 10 heteroatoms. The number of amides is 1. The van der Waals surface area contributed by atoms with Crippen molar-refractivity contribution in [2.45, 2.75) is 44.7 Å². The number of halogens is 2. The standard InChI is InChI=1S/C24H27F2N7O/c1-14-9-20(25)18(24(34)29-15-3-4-15)11-22(14)33-13-21(30-31-33)19-10-17(12-27-23(19)26)28-16-5-7-32(2)8-6-16/h9-13,15-16,28H,3-8H2,1-2H3,(H,29,34). The number of hydrogen-bond acceptors (Lipinski definition) is 6. The van der Waals surface area contributed by atoms with E-state index in [-0.39, 0.29) is 17.2 Å². The van der Waals surface area contributed by atoms with E-state index in [4.69, 9.17) is 0 Å². The average molecular weight is 468 g/mol. The van der Waals surface area contributed by atoms with Gasteiger partial charge in [-0.25, -0.2) is 14.1 Å². The first-order chi connectivity index (χ1) is 16.4. The summed E-state index contributed by atoms with van der Waals surface area (Å²) in [5.41, 5.74) is 2.25. The molecule has 1 aromatic carbocycles. The average Bonchev–Trinajstić information content (AvgIpc) is 3.49. The number of anilines is 1. The van der Waals surface area contributed by atoms with Crippen LogP contribution in [0.4, 0.5) is 14.5 Å². The number of hydrogen-bond donors (Lipinski definition) is 2. The fourth-order valence-electron chi connectivity index (χ4n) is 4.17. The van der Waals surface area contributed by atoms with Crippen LogP contribution in [0.3, 0.4) is 0 Å². The van der Waals surface area contributed by atoms with E-state index < -0.39 is 17.7 Å². The molecule has 0 bridgehead atoms. The lowest BCUT2D eigenvalue weighted by Gasteiger charge is -2.30. The Morgan fingerprint density at radius 2 is 1.85 bits per heavy atom. The molecule has 0 radical (unpaired) electrons. The maximum atomic E-state index is 14.6. The molecule has 1 amide bonds. The van der Waals surface area contributed by atoms with Crippen LogP contribution >= 0.6 is 0 Å². The van der Waals surface area contributed by atoms with Gasteiger partial charge in [-0.3, -0.25) is 4.79 Å². The van der Waals surface area contributed by atoms with Gasteiger partial charge in [-0.15, -0.1) is 5.10 Å². The Bertz CT molecular complexity index is 1220. The minimum atomic E-state index is -0.652. The molecule has 3 heterocycles. The number of carbonyl (C=O) groups excluding carboxylic acids is 1. The fourth-order valence-corrected chi connectivity index (χ4v) is 4.17. The summed E-state index contributed by atoms with van der Waals surface area (Å²) in [4.78, 5) is 18.6. The number of benzene rings is 1. The van der Waals surface area contributed by atoms with Crippen LogP contribution in [-0.2, 0) is 0 Å². The molecule has 3 aromatic rings. The van der Waals surface area contributed by atoms with E-state index >= 15 is 0 Å². The number of nitrogens with one attached hydrogen (secondary N) is 2. The highest BCUT2D eigenvalue weighted by molar-refractivity contribution is 5.95. The topological polar surface area (TPSA) is 88.0 Å². The Hall–Kier alpha value is -3.40. The van der Waals surface area contributed by atoms with E-state index in [0.29, 0.717) is 23.0 Å². The van der Waals surface area contributed by atoms with Crippen molar-refractivity contribution < 1.29 is 13.6 Å². The fraction of sp³-hybridized carbons (Fsp3) is 0.417. The second kappa shape index (κ2) is 9.09. The molecule has 0 atom stereocenters. The zero-order valence-electron chi connectivity index (χ0n) is 19.2. The van der Waals surface area contributed by atoms with Crippen LogP contribution in [0.5, 0.6) is 0 Å². The molecule has 2 aromatic heterocycles. The second-order valence-electron chi connectivity index (χ2n) is 9.20. The van der Waals surface area contributed by atoms with E-state index in [0.717, 1.165) is 44.5 Å². The molecule has 1 aliphatic heterocycles. The molecular weight excluding hydrogens is 440 g/mol. The number of nitrogens with zero attached hydrogens (tertiary/aromatic N) is 5. The summed E-state index contributed by atoms with van der Waals surface area (Å²) in [5.74, 6) is -1.70. The Balaban J connectivity index is 1.40. The lowest BCUT2D eigenvalue weighted by atomic mass is 10.1. The summed E-state index contributed by atoms with van der Waals surface area (Å²) in [6.45, 7) is 3.73. The number of aryl methyl sites for hydroxylation is 1. The molecule has 0 spiro atoms. The van der Waals surface area contributed by atoms with E-state index in [1.807, 2.05) is 0 Å². The molecule has 178 valence electrons. The molecule has 8 nitrogen and oxygen atoms in total. The van der Waals surface area contributed by atoms with Gasteiger partial charge in [0.05, 0.1) is 34.9 Å². The number of pyridine rings is 1. The first kappa shape index (κ1) is 22.4. The molecule has 2 aliphatic rings. The van der Waals surface area contributed by atoms with Crippen molar-refractivity contribution in [3.05, 3.63) is 53.5 Å². The maximum Gasteiger partial charge on any atom is 0.254 e. The third-order valence-electron chi connectivity index (χ3n) is 6.39. The summed E-state index contributed by atoms with van der Waals surface area (Å²) in [6, 6.07) is 4.84. The molecule has 1 saturated carbocycles. The second-order valence-corrected chi connectivity index (χ2v) is 9.20. The minimum absolute atomic E-state index is 0.0540. The Labute approximate surface area is 196 Å². The molecule has 34 heavy (non-hydrogen) atoms. The Morgan fingerprint density at radius 3 is 2.59 bits per heavy atom. The molecule has 1 aliphatic carbocycles. The van der Waals surface area contributed by atoms with Gasteiger partial charge in [0.25, 0.3) is 5.91 Å². The third-order valence-corrected chi connectivity index (χ3v) is 6.39. The van der Waals surface area contributed by atoms with Crippen molar-refractivity contribution in [2.24, 2.45) is 0 Å². The van der Waals surface area contributed by atoms with Gasteiger partial charge in [0, 0.05) is 12.1 Å². The highest BCUT2D eigenvalue weighted by atomic mass is 19.1. The van der Waals surface area contributed by atoms with Gasteiger partial charge >= 0.3 is 0 Å². The van der Waals surface area contributed by atoms with E-state index in [1.165, 1.54) is 23.0 Å². The van der Waals surface area contributed by atoms with E-state index in [9.17, 15) is 13.6 Å². The molecule has 2 fully saturated rings. The summed E-state index contributed by atoms with van der Waals surface area (Å²) < 4.78 is 30.5. The number of carbonyl (C=O) groups is 1. The van der Waals surface area contributed by atoms with Crippen molar-refractivity contribution in [2.75, 3.05) is 25.5 Å². The van der Waals surface area contributed by atoms with Gasteiger partial charge in [0.15, 0.2) is 0 Å². The van der Waals surface area contributed by atoms with Gasteiger partial charge in [0.1, 0.15) is 11.5 Å². The van der Waals surface area contributed by atoms with Crippen LogP contribution in [0.2, 0.25) is 0 Å². The van der Waals surface area contributed by atoms with Crippen LogP contribution in [0.1, 0.15) is 41.6 Å². The first-order valence-corrected chi connectivity index (χ1v) is 11.5. The van der Waals surface area contributed by atoms with Crippen molar-refractivity contribution in [3.63, 3.8) is 0 Å². The number of piperidine rings is 1. The lowest BCUT2D eigenvalue weighted by molar-refractivity contribution is 0.0947. The number of aromatic nitrogens is 4. The summed E-state index contributed by atoms with van der Waals surface area (Å²) in [7, 11) is 2.10. The van der Waals surface area contributed by atoms with Crippen molar-refractivity contribution in [1.82, 2.24) is 30.2 Å². The zero-order chi connectivity index (χ0) is 23.8. The van der Waals surface area contributed by atoms with Gasteiger partial charge in [0.2, 0.25) is 5.95 Å². The van der Waals surface area contributed by atoms with E-state index in [1.54, 1.807) is 19.2 Å². The molecular formula is C24H27F2N7O. The van der Waals surface area contributed by atoms with Gasteiger partial charge in [-0.1, -0.05) is 5.21 Å². The normalized spacial score (nSPS) is 17.1. The molecule has 1 saturated heterocycles. The van der Waals surface area contributed by atoms with Crippen molar-refractivity contribution >= 4 is 11.6 Å². The Morgan fingerprint density at radius 1 is 1.09 bits per heavy atom. The highest BCUT2D eigenvalue weighted by Crippen LogP contribution is 2.27. The predicted octanol–water partition coefficient (Wildman–Crippen LogP) is 3.31. The molecule has 2 N–H and O–H groups in total. The molecule has 5 rings (SSSR count). The lowest BCUT2D eigenvalue weighted by Crippen LogP contribution is -2.36. The first-order valence-electron chi connectivity index (χ1n) is 11.5. The zero-order valence-corrected chi connectivity index (χ0v) is 19.2. The summed E-state index contributed by atoms with van der Waals surface area (Å²) >= 11 is 0. The Kier molecular flexibility index (Phi) is 5.99. The SMILES string of the molecule is Cc1cc(F)c(C(=O)NC2CC2)cc1-n1cc(-c2cc(NC3CCN(C)CC3)cnc2F)nn1. The van der Waals surface area contributed by atoms with Crippen LogP contribution in [0.15, 0.2) is 30.6 Å². The van der Waals surface area contributed by atoms with Crippen LogP contribution in [0, 0.1) is 18.7 Å². The molecule has 0 unspecified atom stereocenters. The maximum absolute atomic E-state index is 14.6. The monoisotopic (exact) mass is 467 g/mol. The van der Waals surface area contributed by atoms with Gasteiger partial charge in [-0.05, 0) is 76.5 Å². The van der Waals surface area contributed by atoms with Crippen molar-refractivity contribution in [3.8, 4) is 16.9 Å². The highest BCUT2D eigenvalue weighted by Gasteiger charge is 2.26. The predicted molar refractivity (Wildman–Crippen MR) is 124 cm³/mol. The largest absolute Gasteiger partial charge is 0.381 e. The number of rotatable bonds is 6. The van der Waals surface area contributed by atoms with Crippen LogP contribution in [-0.4, -0.2) is 63.0 Å². The van der Waals surface area contributed by atoms with Gasteiger partial charge in [-0.2, -0.15) is 4.39 Å². The van der Waals surface area contributed by atoms with Crippen molar-refractivity contribution in [1.29, 1.82) is 0 Å². The minimum Gasteiger partial charge on any atom is -0.381 e. The summed E-state index contributed by atoms with van der Waals surface area (Å²) in [5, 5.41) is 14.5. The van der Waals surface area contributed by atoms with Crippen LogP contribution < -0.4 is 10.6 Å². The summed E-state index contributed by atoms with van der Waals surface area (Å²) in [6.07, 6.45) is 6.85. The van der Waals surface area contributed by atoms with Crippen LogP contribution in [0.25, 0.3) is 16.9 Å². The smallest absolute Gasteiger partial charge is 0.254 e.